The van der Waals surface area contributed by atoms with Crippen molar-refractivity contribution in [3.05, 3.63) is 11.6 Å². The smallest absolute Gasteiger partial charge is 0.137 e. The molecule has 2 rings (SSSR count). The molecule has 1 fully saturated rings. The Morgan fingerprint density at radius 2 is 1.77 bits per heavy atom. The third-order valence-corrected chi connectivity index (χ3v) is 3.19. The largest absolute Gasteiger partial charge is 0.299 e. The Hall–Kier alpha value is -0.920. The van der Waals surface area contributed by atoms with Crippen LogP contribution < -0.4 is 0 Å². The normalized spacial score (nSPS) is 34.1. The van der Waals surface area contributed by atoms with E-state index in [1.165, 1.54) is 5.57 Å². The molecule has 0 amide bonds. The molecule has 2 heteroatoms. The van der Waals surface area contributed by atoms with E-state index in [4.69, 9.17) is 0 Å². The minimum atomic E-state index is 0.0185. The zero-order valence-electron chi connectivity index (χ0n) is 7.88. The Morgan fingerprint density at radius 3 is 2.46 bits per heavy atom. The van der Waals surface area contributed by atoms with Gasteiger partial charge in [0.2, 0.25) is 0 Å². The topological polar surface area (TPSA) is 34.1 Å². The monoisotopic (exact) mass is 178 g/mol. The SMILES string of the molecule is CC1=CCC2C(=O)CCC(=O)C2C1. The van der Waals surface area contributed by atoms with Gasteiger partial charge in [0.1, 0.15) is 11.6 Å². The molecule has 2 nitrogen and oxygen atoms in total. The van der Waals surface area contributed by atoms with Crippen LogP contribution in [-0.2, 0) is 9.59 Å². The van der Waals surface area contributed by atoms with Crippen molar-refractivity contribution < 1.29 is 9.59 Å². The first-order valence-electron chi connectivity index (χ1n) is 4.89. The molecule has 0 aromatic rings. The maximum absolute atomic E-state index is 11.5. The highest BCUT2D eigenvalue weighted by atomic mass is 16.1. The molecule has 1 saturated carbocycles. The van der Waals surface area contributed by atoms with E-state index in [0.717, 1.165) is 12.8 Å². The second-order valence-electron chi connectivity index (χ2n) is 4.14. The summed E-state index contributed by atoms with van der Waals surface area (Å²) in [6, 6.07) is 0. The number of carbonyl (C=O) groups is 2. The maximum atomic E-state index is 11.5. The number of allylic oxidation sites excluding steroid dienone is 2. The van der Waals surface area contributed by atoms with Gasteiger partial charge in [-0.25, -0.2) is 0 Å². The fraction of sp³-hybridized carbons (Fsp3) is 0.636. The van der Waals surface area contributed by atoms with Crippen LogP contribution in [0.25, 0.3) is 0 Å². The number of Topliss-reactive ketones (excluding diaryl/α,β-unsaturated/α-hetero) is 2. The highest BCUT2D eigenvalue weighted by molar-refractivity contribution is 5.96. The lowest BCUT2D eigenvalue weighted by Crippen LogP contribution is -2.36. The van der Waals surface area contributed by atoms with E-state index >= 15 is 0 Å². The van der Waals surface area contributed by atoms with Crippen molar-refractivity contribution >= 4 is 11.6 Å². The van der Waals surface area contributed by atoms with Gasteiger partial charge in [0.25, 0.3) is 0 Å². The molecule has 0 aromatic heterocycles. The average molecular weight is 178 g/mol. The second kappa shape index (κ2) is 3.09. The van der Waals surface area contributed by atoms with Crippen molar-refractivity contribution in [2.24, 2.45) is 11.8 Å². The first-order valence-corrected chi connectivity index (χ1v) is 4.89. The quantitative estimate of drug-likeness (QED) is 0.531. The Bertz CT molecular complexity index is 288. The summed E-state index contributed by atoms with van der Waals surface area (Å²) in [7, 11) is 0. The molecule has 2 aliphatic carbocycles. The summed E-state index contributed by atoms with van der Waals surface area (Å²) < 4.78 is 0. The maximum Gasteiger partial charge on any atom is 0.137 e. The molecular formula is C11H14O2. The Balaban J connectivity index is 2.24. The summed E-state index contributed by atoms with van der Waals surface area (Å²) in [5.41, 5.74) is 1.27. The van der Waals surface area contributed by atoms with E-state index in [1.807, 2.05) is 6.92 Å². The lowest BCUT2D eigenvalue weighted by atomic mass is 9.70. The molecule has 2 unspecified atom stereocenters. The van der Waals surface area contributed by atoms with Crippen LogP contribution in [0.5, 0.6) is 0 Å². The summed E-state index contributed by atoms with van der Waals surface area (Å²) in [4.78, 5) is 23.0. The Labute approximate surface area is 78.0 Å². The van der Waals surface area contributed by atoms with E-state index < -0.39 is 0 Å². The van der Waals surface area contributed by atoms with Crippen LogP contribution in [0.1, 0.15) is 32.6 Å². The lowest BCUT2D eigenvalue weighted by Gasteiger charge is -2.31. The molecular weight excluding hydrogens is 164 g/mol. The van der Waals surface area contributed by atoms with Crippen LogP contribution in [0.4, 0.5) is 0 Å². The molecule has 0 radical (unpaired) electrons. The average Bonchev–Trinajstić information content (AvgIpc) is 2.12. The number of carbonyl (C=O) groups excluding carboxylic acids is 2. The number of ketones is 2. The van der Waals surface area contributed by atoms with Gasteiger partial charge in [-0.3, -0.25) is 9.59 Å². The van der Waals surface area contributed by atoms with Crippen LogP contribution in [0, 0.1) is 11.8 Å². The van der Waals surface area contributed by atoms with Gasteiger partial charge in [-0.2, -0.15) is 0 Å². The summed E-state index contributed by atoms with van der Waals surface area (Å²) in [6.07, 6.45) is 4.67. The van der Waals surface area contributed by atoms with Crippen molar-refractivity contribution in [1.29, 1.82) is 0 Å². The van der Waals surface area contributed by atoms with Gasteiger partial charge in [0.15, 0.2) is 0 Å². The van der Waals surface area contributed by atoms with Crippen molar-refractivity contribution in [2.45, 2.75) is 32.6 Å². The molecule has 0 bridgehead atoms. The van der Waals surface area contributed by atoms with Gasteiger partial charge in [-0.05, 0) is 19.8 Å². The van der Waals surface area contributed by atoms with Crippen molar-refractivity contribution in [3.63, 3.8) is 0 Å². The third kappa shape index (κ3) is 1.45. The van der Waals surface area contributed by atoms with Crippen LogP contribution in [-0.4, -0.2) is 11.6 Å². The molecule has 0 spiro atoms. The van der Waals surface area contributed by atoms with Crippen molar-refractivity contribution in [3.8, 4) is 0 Å². The minimum absolute atomic E-state index is 0.0185. The van der Waals surface area contributed by atoms with Gasteiger partial charge in [-0.1, -0.05) is 11.6 Å². The van der Waals surface area contributed by atoms with Gasteiger partial charge >= 0.3 is 0 Å². The molecule has 2 atom stereocenters. The standard InChI is InChI=1S/C11H14O2/c1-7-2-3-8-9(6-7)11(13)5-4-10(8)12/h2,8-9H,3-6H2,1H3. The summed E-state index contributed by atoms with van der Waals surface area (Å²) in [5.74, 6) is 0.640. The van der Waals surface area contributed by atoms with Gasteiger partial charge in [0.05, 0.1) is 0 Å². The van der Waals surface area contributed by atoms with Crippen molar-refractivity contribution in [1.82, 2.24) is 0 Å². The van der Waals surface area contributed by atoms with Gasteiger partial charge in [-0.15, -0.1) is 0 Å². The Morgan fingerprint density at radius 1 is 1.15 bits per heavy atom. The first kappa shape index (κ1) is 8.67. The molecule has 0 heterocycles. The summed E-state index contributed by atoms with van der Waals surface area (Å²) in [6.45, 7) is 2.04. The summed E-state index contributed by atoms with van der Waals surface area (Å²) in [5, 5.41) is 0. The molecule has 13 heavy (non-hydrogen) atoms. The van der Waals surface area contributed by atoms with E-state index in [-0.39, 0.29) is 11.8 Å². The van der Waals surface area contributed by atoms with Crippen LogP contribution in [0.2, 0.25) is 0 Å². The van der Waals surface area contributed by atoms with Crippen LogP contribution in [0.15, 0.2) is 11.6 Å². The minimum Gasteiger partial charge on any atom is -0.299 e. The summed E-state index contributed by atoms with van der Waals surface area (Å²) >= 11 is 0. The highest BCUT2D eigenvalue weighted by Gasteiger charge is 2.38. The predicted octanol–water partition coefficient (Wildman–Crippen LogP) is 1.89. The predicted molar refractivity (Wildman–Crippen MR) is 49.2 cm³/mol. The molecule has 0 aliphatic heterocycles. The fourth-order valence-corrected chi connectivity index (χ4v) is 2.38. The molecule has 70 valence electrons. The fourth-order valence-electron chi connectivity index (χ4n) is 2.38. The zero-order chi connectivity index (χ0) is 9.42. The molecule has 0 aromatic carbocycles. The third-order valence-electron chi connectivity index (χ3n) is 3.19. The second-order valence-corrected chi connectivity index (χ2v) is 4.14. The number of fused-ring (bicyclic) bond motifs is 1. The van der Waals surface area contributed by atoms with Gasteiger partial charge < -0.3 is 0 Å². The molecule has 0 N–H and O–H groups in total. The van der Waals surface area contributed by atoms with E-state index in [0.29, 0.717) is 24.4 Å². The molecule has 2 aliphatic rings. The lowest BCUT2D eigenvalue weighted by molar-refractivity contribution is -0.137. The van der Waals surface area contributed by atoms with Crippen LogP contribution >= 0.6 is 0 Å². The van der Waals surface area contributed by atoms with E-state index in [1.54, 1.807) is 0 Å². The zero-order valence-corrected chi connectivity index (χ0v) is 7.88. The number of rotatable bonds is 0. The highest BCUT2D eigenvalue weighted by Crippen LogP contribution is 2.35. The first-order chi connectivity index (χ1) is 6.18. The van der Waals surface area contributed by atoms with Crippen molar-refractivity contribution in [2.75, 3.05) is 0 Å². The molecule has 0 saturated heterocycles. The number of hydrogen-bond donors (Lipinski definition) is 0. The Kier molecular flexibility index (Phi) is 2.06. The number of hydrogen-bond acceptors (Lipinski definition) is 2. The van der Waals surface area contributed by atoms with Gasteiger partial charge in [0, 0.05) is 24.7 Å². The van der Waals surface area contributed by atoms with Crippen LogP contribution in [0.3, 0.4) is 0 Å². The van der Waals surface area contributed by atoms with E-state index in [9.17, 15) is 9.59 Å². The van der Waals surface area contributed by atoms with E-state index in [2.05, 4.69) is 6.08 Å².